The summed E-state index contributed by atoms with van der Waals surface area (Å²) in [5.74, 6) is 0. The van der Waals surface area contributed by atoms with E-state index >= 15 is 0 Å². The molecule has 2 heteroatoms. The molecule has 0 bridgehead atoms. The number of rotatable bonds is 4. The van der Waals surface area contributed by atoms with Crippen molar-refractivity contribution in [3.05, 3.63) is 12.3 Å². The minimum absolute atomic E-state index is 0.896. The van der Waals surface area contributed by atoms with Crippen LogP contribution in [-0.2, 0) is 0 Å². The Hall–Kier alpha value is -0.790. The van der Waals surface area contributed by atoms with Gasteiger partial charge < -0.3 is 0 Å². The van der Waals surface area contributed by atoms with Crippen molar-refractivity contribution in [2.75, 3.05) is 6.54 Å². The lowest BCUT2D eigenvalue weighted by Gasteiger charge is -2.17. The van der Waals surface area contributed by atoms with Gasteiger partial charge in [0.05, 0.1) is 0 Å². The first-order chi connectivity index (χ1) is 5.11. The third kappa shape index (κ3) is 3.81. The third-order valence-corrected chi connectivity index (χ3v) is 1.54. The van der Waals surface area contributed by atoms with Crippen LogP contribution in [0.3, 0.4) is 0 Å². The second-order valence-corrected chi connectivity index (χ2v) is 2.64. The predicted molar refractivity (Wildman–Crippen MR) is 50.6 cm³/mol. The Labute approximate surface area is 69.6 Å². The maximum Gasteiger partial charge on any atom is 0.0383 e. The average Bonchev–Trinajstić information content (AvgIpc) is 1.99. The number of allylic oxidation sites excluding steroid dienone is 1. The third-order valence-electron chi connectivity index (χ3n) is 1.54. The van der Waals surface area contributed by atoms with E-state index in [1.807, 2.05) is 18.9 Å². The molecule has 0 aromatic heterocycles. The molecule has 0 atom stereocenters. The number of hydrogen-bond acceptors (Lipinski definition) is 2. The molecule has 11 heavy (non-hydrogen) atoms. The van der Waals surface area contributed by atoms with E-state index in [4.69, 9.17) is 0 Å². The van der Waals surface area contributed by atoms with Gasteiger partial charge in [0.25, 0.3) is 0 Å². The van der Waals surface area contributed by atoms with Gasteiger partial charge in [0.15, 0.2) is 0 Å². The lowest BCUT2D eigenvalue weighted by molar-refractivity contribution is 0.386. The smallest absolute Gasteiger partial charge is 0.0383 e. The summed E-state index contributed by atoms with van der Waals surface area (Å²) in [5.41, 5.74) is 2.15. The Morgan fingerprint density at radius 1 is 1.36 bits per heavy atom. The van der Waals surface area contributed by atoms with Gasteiger partial charge in [-0.1, -0.05) is 13.5 Å². The van der Waals surface area contributed by atoms with Crippen LogP contribution in [0.15, 0.2) is 17.4 Å². The van der Waals surface area contributed by atoms with Gasteiger partial charge in [0, 0.05) is 18.0 Å². The summed E-state index contributed by atoms with van der Waals surface area (Å²) >= 11 is 0. The van der Waals surface area contributed by atoms with E-state index in [1.165, 1.54) is 0 Å². The van der Waals surface area contributed by atoms with Crippen LogP contribution >= 0.6 is 0 Å². The van der Waals surface area contributed by atoms with Gasteiger partial charge in [-0.25, -0.2) is 0 Å². The maximum absolute atomic E-state index is 4.36. The molecule has 0 unspecified atom stereocenters. The number of hydrazone groups is 1. The van der Waals surface area contributed by atoms with Crippen LogP contribution in [0, 0.1) is 0 Å². The normalized spacial score (nSPS) is 11.5. The molecule has 0 aliphatic rings. The van der Waals surface area contributed by atoms with E-state index in [0.29, 0.717) is 0 Å². The highest BCUT2D eigenvalue weighted by Gasteiger charge is 1.96. The van der Waals surface area contributed by atoms with Crippen molar-refractivity contribution < 1.29 is 0 Å². The summed E-state index contributed by atoms with van der Waals surface area (Å²) in [6.45, 7) is 12.9. The molecular formula is C9H18N2. The van der Waals surface area contributed by atoms with Crippen LogP contribution in [0.2, 0.25) is 0 Å². The summed E-state index contributed by atoms with van der Waals surface area (Å²) in [6, 6.07) is 0. The molecule has 0 aliphatic heterocycles. The lowest BCUT2D eigenvalue weighted by Crippen LogP contribution is -2.15. The first kappa shape index (κ1) is 10.2. The quantitative estimate of drug-likeness (QED) is 0.449. The SMILES string of the molecule is C=C(C)N(CC)/N=C(\C)CC. The lowest BCUT2D eigenvalue weighted by atomic mass is 10.3. The standard InChI is InChI=1S/C9H18N2/c1-6-9(5)10-11(7-2)8(3)4/h3,6-7H2,1-2,4-5H3/b10-9+. The highest BCUT2D eigenvalue weighted by Crippen LogP contribution is 2.01. The van der Waals surface area contributed by atoms with Crippen molar-refractivity contribution in [2.45, 2.75) is 34.1 Å². The molecule has 0 rings (SSSR count). The summed E-state index contributed by atoms with van der Waals surface area (Å²) in [6.07, 6.45) is 1.00. The van der Waals surface area contributed by atoms with Crippen molar-refractivity contribution in [3.8, 4) is 0 Å². The molecule has 0 radical (unpaired) electrons. The van der Waals surface area contributed by atoms with Crippen molar-refractivity contribution in [1.82, 2.24) is 5.01 Å². The van der Waals surface area contributed by atoms with Gasteiger partial charge in [-0.2, -0.15) is 5.10 Å². The van der Waals surface area contributed by atoms with E-state index in [2.05, 4.69) is 25.5 Å². The second-order valence-electron chi connectivity index (χ2n) is 2.64. The van der Waals surface area contributed by atoms with Crippen LogP contribution in [0.5, 0.6) is 0 Å². The molecule has 0 heterocycles. The molecule has 0 fully saturated rings. The first-order valence-electron chi connectivity index (χ1n) is 4.08. The maximum atomic E-state index is 4.36. The van der Waals surface area contributed by atoms with Crippen LogP contribution in [0.1, 0.15) is 34.1 Å². The van der Waals surface area contributed by atoms with Crippen molar-refractivity contribution >= 4 is 5.71 Å². The van der Waals surface area contributed by atoms with E-state index in [0.717, 1.165) is 24.4 Å². The van der Waals surface area contributed by atoms with Gasteiger partial charge in [-0.3, -0.25) is 5.01 Å². The fourth-order valence-corrected chi connectivity index (χ4v) is 0.703. The number of nitrogens with zero attached hydrogens (tertiary/aromatic N) is 2. The summed E-state index contributed by atoms with van der Waals surface area (Å²) in [5, 5.41) is 6.28. The highest BCUT2D eigenvalue weighted by atomic mass is 15.5. The van der Waals surface area contributed by atoms with Crippen LogP contribution < -0.4 is 0 Å². The number of hydrogen-bond donors (Lipinski definition) is 0. The zero-order valence-electron chi connectivity index (χ0n) is 8.02. The summed E-state index contributed by atoms with van der Waals surface area (Å²) < 4.78 is 0. The highest BCUT2D eigenvalue weighted by molar-refractivity contribution is 5.81. The Morgan fingerprint density at radius 2 is 1.91 bits per heavy atom. The molecule has 0 N–H and O–H groups in total. The fraction of sp³-hybridized carbons (Fsp3) is 0.667. The largest absolute Gasteiger partial charge is 0.271 e. The Balaban J connectivity index is 4.17. The Morgan fingerprint density at radius 3 is 2.18 bits per heavy atom. The van der Waals surface area contributed by atoms with Gasteiger partial charge in [0.1, 0.15) is 0 Å². The topological polar surface area (TPSA) is 15.6 Å². The predicted octanol–water partition coefficient (Wildman–Crippen LogP) is 2.63. The molecule has 2 nitrogen and oxygen atoms in total. The molecule has 0 aliphatic carbocycles. The molecular weight excluding hydrogens is 136 g/mol. The van der Waals surface area contributed by atoms with Crippen molar-refractivity contribution in [2.24, 2.45) is 5.10 Å². The van der Waals surface area contributed by atoms with Crippen LogP contribution in [-0.4, -0.2) is 17.3 Å². The van der Waals surface area contributed by atoms with Crippen molar-refractivity contribution in [3.63, 3.8) is 0 Å². The van der Waals surface area contributed by atoms with E-state index in [9.17, 15) is 0 Å². The summed E-state index contributed by atoms with van der Waals surface area (Å²) in [7, 11) is 0. The Kier molecular flexibility index (Phi) is 4.59. The van der Waals surface area contributed by atoms with E-state index in [-0.39, 0.29) is 0 Å². The van der Waals surface area contributed by atoms with Crippen LogP contribution in [0.4, 0.5) is 0 Å². The fourth-order valence-electron chi connectivity index (χ4n) is 0.703. The van der Waals surface area contributed by atoms with E-state index < -0.39 is 0 Å². The summed E-state index contributed by atoms with van der Waals surface area (Å²) in [4.78, 5) is 0. The minimum Gasteiger partial charge on any atom is -0.271 e. The molecule has 0 saturated heterocycles. The van der Waals surface area contributed by atoms with Gasteiger partial charge in [-0.05, 0) is 27.2 Å². The van der Waals surface area contributed by atoms with E-state index in [1.54, 1.807) is 0 Å². The average molecular weight is 154 g/mol. The second kappa shape index (κ2) is 4.94. The van der Waals surface area contributed by atoms with Gasteiger partial charge in [0.2, 0.25) is 0 Å². The molecule has 64 valence electrons. The zero-order valence-corrected chi connectivity index (χ0v) is 8.02. The van der Waals surface area contributed by atoms with Gasteiger partial charge in [-0.15, -0.1) is 0 Å². The monoisotopic (exact) mass is 154 g/mol. The molecule has 0 aromatic carbocycles. The van der Waals surface area contributed by atoms with Crippen molar-refractivity contribution in [1.29, 1.82) is 0 Å². The first-order valence-corrected chi connectivity index (χ1v) is 4.08. The Bertz CT molecular complexity index is 159. The molecule has 0 amide bonds. The van der Waals surface area contributed by atoms with Gasteiger partial charge >= 0.3 is 0 Å². The molecule has 0 aromatic rings. The molecule has 0 spiro atoms. The minimum atomic E-state index is 0.896. The zero-order chi connectivity index (χ0) is 8.85. The van der Waals surface area contributed by atoms with Crippen LogP contribution in [0.25, 0.3) is 0 Å². The molecule has 0 saturated carbocycles.